The number of hydrogen-bond acceptors (Lipinski definition) is 5. The van der Waals surface area contributed by atoms with Crippen LogP contribution in [0.1, 0.15) is 19.4 Å². The Kier molecular flexibility index (Phi) is 7.05. The molecule has 4 rings (SSSR count). The van der Waals surface area contributed by atoms with Gasteiger partial charge in [-0.25, -0.2) is 0 Å². The van der Waals surface area contributed by atoms with E-state index in [0.29, 0.717) is 42.2 Å². The van der Waals surface area contributed by atoms with Crippen LogP contribution >= 0.6 is 23.4 Å². The minimum Gasteiger partial charge on any atom is -0.339 e. The van der Waals surface area contributed by atoms with Crippen molar-refractivity contribution < 1.29 is 9.59 Å². The van der Waals surface area contributed by atoms with E-state index in [1.165, 1.54) is 11.8 Å². The molecular weight excluding hydrogens is 458 g/mol. The SMILES string of the molecule is CC(=O)N1CCN(C(=O)C(C)Sc2nnc(-c3cccc(C)c3)n2-c2ccc(Cl)cc2)CC1. The van der Waals surface area contributed by atoms with Gasteiger partial charge < -0.3 is 9.80 Å². The number of thioether (sulfide) groups is 1. The van der Waals surface area contributed by atoms with Gasteiger partial charge >= 0.3 is 0 Å². The second-order valence-corrected chi connectivity index (χ2v) is 9.82. The zero-order valence-corrected chi connectivity index (χ0v) is 20.4. The van der Waals surface area contributed by atoms with E-state index in [0.717, 1.165) is 16.8 Å². The van der Waals surface area contributed by atoms with Gasteiger partial charge in [0.15, 0.2) is 11.0 Å². The number of nitrogens with zero attached hydrogens (tertiary/aromatic N) is 5. The maximum Gasteiger partial charge on any atom is 0.236 e. The van der Waals surface area contributed by atoms with Crippen LogP contribution in [0, 0.1) is 6.92 Å². The summed E-state index contributed by atoms with van der Waals surface area (Å²) < 4.78 is 1.97. The van der Waals surface area contributed by atoms with Gasteiger partial charge in [0.1, 0.15) is 0 Å². The summed E-state index contributed by atoms with van der Waals surface area (Å²) >= 11 is 7.49. The molecule has 9 heteroatoms. The van der Waals surface area contributed by atoms with E-state index >= 15 is 0 Å². The highest BCUT2D eigenvalue weighted by atomic mass is 35.5. The monoisotopic (exact) mass is 483 g/mol. The van der Waals surface area contributed by atoms with E-state index < -0.39 is 0 Å². The van der Waals surface area contributed by atoms with Crippen molar-refractivity contribution in [2.75, 3.05) is 26.2 Å². The summed E-state index contributed by atoms with van der Waals surface area (Å²) in [6.45, 7) is 7.70. The average molecular weight is 484 g/mol. The van der Waals surface area contributed by atoms with Crippen LogP contribution in [0.2, 0.25) is 5.02 Å². The highest BCUT2D eigenvalue weighted by molar-refractivity contribution is 8.00. The third-order valence-corrected chi connectivity index (χ3v) is 6.94. The first kappa shape index (κ1) is 23.3. The van der Waals surface area contributed by atoms with Crippen LogP contribution in [-0.2, 0) is 9.59 Å². The molecule has 1 aliphatic heterocycles. The number of rotatable bonds is 5. The smallest absolute Gasteiger partial charge is 0.236 e. The first-order valence-electron chi connectivity index (χ1n) is 10.8. The maximum absolute atomic E-state index is 13.1. The van der Waals surface area contributed by atoms with E-state index in [4.69, 9.17) is 11.6 Å². The molecule has 0 N–H and O–H groups in total. The lowest BCUT2D eigenvalue weighted by atomic mass is 10.1. The minimum atomic E-state index is -0.352. The number of carbonyl (C=O) groups excluding carboxylic acids is 2. The van der Waals surface area contributed by atoms with Gasteiger partial charge in [-0.3, -0.25) is 14.2 Å². The van der Waals surface area contributed by atoms with Crippen molar-refractivity contribution in [2.45, 2.75) is 31.2 Å². The van der Waals surface area contributed by atoms with Crippen molar-refractivity contribution in [3.63, 3.8) is 0 Å². The number of halogens is 1. The molecule has 1 aliphatic rings. The molecular formula is C24H26ClN5O2S. The van der Waals surface area contributed by atoms with Gasteiger partial charge in [-0.1, -0.05) is 47.1 Å². The first-order chi connectivity index (χ1) is 15.8. The van der Waals surface area contributed by atoms with Crippen LogP contribution in [0.5, 0.6) is 0 Å². The van der Waals surface area contributed by atoms with E-state index in [1.807, 2.05) is 65.8 Å². The fourth-order valence-corrected chi connectivity index (χ4v) is 4.93. The van der Waals surface area contributed by atoms with Crippen molar-refractivity contribution in [1.29, 1.82) is 0 Å². The first-order valence-corrected chi connectivity index (χ1v) is 12.1. The molecule has 1 unspecified atom stereocenters. The summed E-state index contributed by atoms with van der Waals surface area (Å²) in [6.07, 6.45) is 0. The van der Waals surface area contributed by atoms with Gasteiger partial charge in [-0.2, -0.15) is 0 Å². The van der Waals surface area contributed by atoms with Crippen LogP contribution < -0.4 is 0 Å². The number of amides is 2. The van der Waals surface area contributed by atoms with Crippen molar-refractivity contribution >= 4 is 35.2 Å². The molecule has 7 nitrogen and oxygen atoms in total. The van der Waals surface area contributed by atoms with Gasteiger partial charge in [0.05, 0.1) is 5.25 Å². The zero-order chi connectivity index (χ0) is 23.5. The molecule has 0 saturated carbocycles. The minimum absolute atomic E-state index is 0.0333. The predicted molar refractivity (Wildman–Crippen MR) is 131 cm³/mol. The molecule has 1 fully saturated rings. The number of aryl methyl sites for hydroxylation is 1. The quantitative estimate of drug-likeness (QED) is 0.511. The Labute approximate surface area is 202 Å². The zero-order valence-electron chi connectivity index (χ0n) is 18.9. The Morgan fingerprint density at radius 2 is 1.67 bits per heavy atom. The summed E-state index contributed by atoms with van der Waals surface area (Å²) in [5.41, 5.74) is 2.95. The third kappa shape index (κ3) is 5.23. The van der Waals surface area contributed by atoms with E-state index in [1.54, 1.807) is 11.8 Å². The Morgan fingerprint density at radius 3 is 2.30 bits per heavy atom. The lowest BCUT2D eigenvalue weighted by Crippen LogP contribution is -2.51. The van der Waals surface area contributed by atoms with E-state index in [-0.39, 0.29) is 17.1 Å². The second-order valence-electron chi connectivity index (χ2n) is 8.08. The Morgan fingerprint density at radius 1 is 1.00 bits per heavy atom. The molecule has 172 valence electrons. The van der Waals surface area contributed by atoms with Crippen molar-refractivity contribution in [1.82, 2.24) is 24.6 Å². The van der Waals surface area contributed by atoms with Crippen LogP contribution in [-0.4, -0.2) is 67.8 Å². The summed E-state index contributed by atoms with van der Waals surface area (Å²) in [6, 6.07) is 15.6. The largest absolute Gasteiger partial charge is 0.339 e. The third-order valence-electron chi connectivity index (χ3n) is 5.66. The number of carbonyl (C=O) groups is 2. The molecule has 0 spiro atoms. The number of aromatic nitrogens is 3. The van der Waals surface area contributed by atoms with Gasteiger partial charge in [0.2, 0.25) is 11.8 Å². The lowest BCUT2D eigenvalue weighted by Gasteiger charge is -2.35. The van der Waals surface area contributed by atoms with Crippen LogP contribution in [0.3, 0.4) is 0 Å². The summed E-state index contributed by atoms with van der Waals surface area (Å²) in [5, 5.41) is 9.84. The molecule has 1 saturated heterocycles. The molecule has 1 aromatic heterocycles. The molecule has 2 aromatic carbocycles. The van der Waals surface area contributed by atoms with Gasteiger partial charge in [0, 0.05) is 49.4 Å². The molecule has 2 amide bonds. The molecule has 2 heterocycles. The van der Waals surface area contributed by atoms with Gasteiger partial charge in [-0.15, -0.1) is 10.2 Å². The lowest BCUT2D eigenvalue weighted by molar-refractivity contribution is -0.137. The van der Waals surface area contributed by atoms with Gasteiger partial charge in [-0.05, 0) is 44.2 Å². The number of hydrogen-bond donors (Lipinski definition) is 0. The van der Waals surface area contributed by atoms with Crippen molar-refractivity contribution in [3.05, 3.63) is 59.1 Å². The topological polar surface area (TPSA) is 71.3 Å². The van der Waals surface area contributed by atoms with E-state index in [2.05, 4.69) is 16.3 Å². The standard InChI is InChI=1S/C24H26ClN5O2S/c1-16-5-4-6-19(15-16)22-26-27-24(30(22)21-9-7-20(25)8-10-21)33-17(2)23(32)29-13-11-28(12-14-29)18(3)31/h4-10,15,17H,11-14H2,1-3H3. The summed E-state index contributed by atoms with van der Waals surface area (Å²) in [7, 11) is 0. The van der Waals surface area contributed by atoms with Crippen LogP contribution in [0.4, 0.5) is 0 Å². The van der Waals surface area contributed by atoms with Crippen molar-refractivity contribution in [2.24, 2.45) is 0 Å². The number of benzene rings is 2. The number of piperazine rings is 1. The normalized spacial score (nSPS) is 14.9. The average Bonchev–Trinajstić information content (AvgIpc) is 3.22. The van der Waals surface area contributed by atoms with Crippen LogP contribution in [0.25, 0.3) is 17.1 Å². The molecule has 33 heavy (non-hydrogen) atoms. The maximum atomic E-state index is 13.1. The predicted octanol–water partition coefficient (Wildman–Crippen LogP) is 4.07. The fourth-order valence-electron chi connectivity index (χ4n) is 3.85. The molecule has 0 aliphatic carbocycles. The Hall–Kier alpha value is -2.84. The molecule has 1 atom stereocenters. The summed E-state index contributed by atoms with van der Waals surface area (Å²) in [5.74, 6) is 0.786. The Balaban J connectivity index is 1.60. The second kappa shape index (κ2) is 9.97. The van der Waals surface area contributed by atoms with Crippen molar-refractivity contribution in [3.8, 4) is 17.1 Å². The molecule has 3 aromatic rings. The Bertz CT molecular complexity index is 1160. The summed E-state index contributed by atoms with van der Waals surface area (Å²) in [4.78, 5) is 28.3. The fraction of sp³-hybridized carbons (Fsp3) is 0.333. The highest BCUT2D eigenvalue weighted by Crippen LogP contribution is 2.31. The molecule has 0 radical (unpaired) electrons. The highest BCUT2D eigenvalue weighted by Gasteiger charge is 2.28. The van der Waals surface area contributed by atoms with Crippen LogP contribution in [0.15, 0.2) is 53.7 Å². The van der Waals surface area contributed by atoms with Gasteiger partial charge in [0.25, 0.3) is 0 Å². The van der Waals surface area contributed by atoms with E-state index in [9.17, 15) is 9.59 Å². The molecule has 0 bridgehead atoms.